The Labute approximate surface area is 181 Å². The summed E-state index contributed by atoms with van der Waals surface area (Å²) >= 11 is 6.04. The van der Waals surface area contributed by atoms with E-state index in [-0.39, 0.29) is 23.6 Å². The first-order valence-electron chi connectivity index (χ1n) is 9.30. The summed E-state index contributed by atoms with van der Waals surface area (Å²) in [7, 11) is -3.57. The number of hydrogen-bond acceptors (Lipinski definition) is 5. The fraction of sp³-hybridized carbons (Fsp3) is 0.238. The predicted molar refractivity (Wildman–Crippen MR) is 115 cm³/mol. The Morgan fingerprint density at radius 3 is 2.33 bits per heavy atom. The second kappa shape index (κ2) is 9.30. The molecule has 3 rings (SSSR count). The topological polar surface area (TPSA) is 93.5 Å². The molecule has 156 valence electrons. The Morgan fingerprint density at radius 2 is 1.73 bits per heavy atom. The zero-order chi connectivity index (χ0) is 21.7. The van der Waals surface area contributed by atoms with Crippen LogP contribution in [-0.4, -0.2) is 49.7 Å². The highest BCUT2D eigenvalue weighted by Crippen LogP contribution is 2.22. The lowest BCUT2D eigenvalue weighted by molar-refractivity contribution is -0.112. The number of hydrogen-bond donors (Lipinski definition) is 1. The molecular formula is C21H21ClN4O3S. The largest absolute Gasteiger partial charge is 0.373 e. The van der Waals surface area contributed by atoms with Crippen LogP contribution in [0.2, 0.25) is 5.02 Å². The molecule has 0 aromatic heterocycles. The molecule has 0 saturated carbocycles. The zero-order valence-electron chi connectivity index (χ0n) is 16.4. The Balaban J connectivity index is 1.65. The van der Waals surface area contributed by atoms with Gasteiger partial charge in [-0.2, -0.15) is 9.57 Å². The minimum absolute atomic E-state index is 0.0789. The van der Waals surface area contributed by atoms with E-state index in [2.05, 4.69) is 5.32 Å². The molecule has 7 nitrogen and oxygen atoms in total. The third-order valence-electron chi connectivity index (χ3n) is 4.73. The summed E-state index contributed by atoms with van der Waals surface area (Å²) in [6.45, 7) is 3.16. The van der Waals surface area contributed by atoms with Crippen LogP contribution in [0.5, 0.6) is 0 Å². The van der Waals surface area contributed by atoms with Gasteiger partial charge in [0.1, 0.15) is 11.6 Å². The van der Waals surface area contributed by atoms with Crippen LogP contribution in [-0.2, 0) is 14.8 Å². The summed E-state index contributed by atoms with van der Waals surface area (Å²) in [6, 6.07) is 15.4. The number of para-hydroxylation sites is 1. The second-order valence-corrected chi connectivity index (χ2v) is 9.19. The molecule has 0 unspecified atom stereocenters. The predicted octanol–water partition coefficient (Wildman–Crippen LogP) is 3.00. The van der Waals surface area contributed by atoms with Gasteiger partial charge < -0.3 is 10.2 Å². The monoisotopic (exact) mass is 444 g/mol. The van der Waals surface area contributed by atoms with Crippen LogP contribution in [0.25, 0.3) is 0 Å². The number of amides is 1. The fourth-order valence-electron chi connectivity index (χ4n) is 3.01. The molecule has 2 aromatic rings. The highest BCUT2D eigenvalue weighted by Gasteiger charge is 2.28. The summed E-state index contributed by atoms with van der Waals surface area (Å²) < 4.78 is 27.0. The molecule has 0 spiro atoms. The maximum absolute atomic E-state index is 12.8. The third-order valence-corrected chi connectivity index (χ3v) is 6.97. The number of carbonyl (C=O) groups is 1. The molecule has 1 aliphatic rings. The van der Waals surface area contributed by atoms with Crippen molar-refractivity contribution in [1.29, 1.82) is 5.26 Å². The summed E-state index contributed by atoms with van der Waals surface area (Å²) in [4.78, 5) is 14.4. The maximum Gasteiger partial charge on any atom is 0.267 e. The van der Waals surface area contributed by atoms with Gasteiger partial charge in [0.2, 0.25) is 10.0 Å². The van der Waals surface area contributed by atoms with E-state index in [1.54, 1.807) is 53.4 Å². The highest BCUT2D eigenvalue weighted by molar-refractivity contribution is 7.89. The van der Waals surface area contributed by atoms with E-state index in [0.717, 1.165) is 5.56 Å². The molecule has 0 atom stereocenters. The highest BCUT2D eigenvalue weighted by atomic mass is 35.5. The fourth-order valence-corrected chi connectivity index (χ4v) is 4.61. The number of anilines is 1. The quantitative estimate of drug-likeness (QED) is 0.565. The number of halogens is 1. The van der Waals surface area contributed by atoms with Gasteiger partial charge in [0.15, 0.2) is 0 Å². The van der Waals surface area contributed by atoms with Crippen molar-refractivity contribution in [2.24, 2.45) is 0 Å². The molecule has 2 aromatic carbocycles. The molecule has 9 heteroatoms. The Kier molecular flexibility index (Phi) is 6.77. The van der Waals surface area contributed by atoms with Gasteiger partial charge in [-0.1, -0.05) is 41.4 Å². The van der Waals surface area contributed by atoms with Gasteiger partial charge in [0, 0.05) is 32.4 Å². The lowest BCUT2D eigenvalue weighted by Crippen LogP contribution is -2.46. The van der Waals surface area contributed by atoms with Gasteiger partial charge in [-0.05, 0) is 31.2 Å². The van der Waals surface area contributed by atoms with Crippen LogP contribution < -0.4 is 5.32 Å². The second-order valence-electron chi connectivity index (χ2n) is 6.84. The van der Waals surface area contributed by atoms with E-state index in [9.17, 15) is 18.5 Å². The molecule has 1 N–H and O–H groups in total. The molecule has 1 aliphatic heterocycles. The first-order chi connectivity index (χ1) is 14.3. The lowest BCUT2D eigenvalue weighted by atomic mass is 10.2. The number of nitrogens with one attached hydrogen (secondary N) is 1. The number of benzene rings is 2. The van der Waals surface area contributed by atoms with Crippen molar-refractivity contribution in [2.45, 2.75) is 11.8 Å². The molecule has 30 heavy (non-hydrogen) atoms. The van der Waals surface area contributed by atoms with Gasteiger partial charge in [-0.25, -0.2) is 8.42 Å². The zero-order valence-corrected chi connectivity index (χ0v) is 17.9. The Hall–Kier alpha value is -2.86. The Bertz CT molecular complexity index is 1100. The first-order valence-corrected chi connectivity index (χ1v) is 11.1. The summed E-state index contributed by atoms with van der Waals surface area (Å²) in [5.74, 6) is -0.569. The summed E-state index contributed by atoms with van der Waals surface area (Å²) in [5, 5.41) is 12.4. The van der Waals surface area contributed by atoms with Crippen LogP contribution in [0.4, 0.5) is 5.69 Å². The standard InChI is InChI=1S/C21H21ClN4O3S/c1-16-6-8-18(9-7-16)30(28,29)26-12-10-25(11-13-26)15-17(14-23)21(27)24-20-5-3-2-4-19(20)22/h2-9,15H,10-13H2,1H3,(H,24,27)/b17-15-. The molecule has 1 fully saturated rings. The van der Waals surface area contributed by atoms with Crippen molar-refractivity contribution >= 4 is 33.2 Å². The minimum Gasteiger partial charge on any atom is -0.373 e. The van der Waals surface area contributed by atoms with E-state index in [0.29, 0.717) is 23.8 Å². The number of carbonyl (C=O) groups excluding carboxylic acids is 1. The first kappa shape index (κ1) is 21.8. The van der Waals surface area contributed by atoms with E-state index in [1.807, 2.05) is 13.0 Å². The lowest BCUT2D eigenvalue weighted by Gasteiger charge is -2.33. The van der Waals surface area contributed by atoms with Crippen molar-refractivity contribution < 1.29 is 13.2 Å². The van der Waals surface area contributed by atoms with Crippen molar-refractivity contribution in [3.8, 4) is 6.07 Å². The SMILES string of the molecule is Cc1ccc(S(=O)(=O)N2CCN(/C=C(/C#N)C(=O)Nc3ccccc3Cl)CC2)cc1. The molecule has 1 heterocycles. The van der Waals surface area contributed by atoms with E-state index in [1.165, 1.54) is 10.5 Å². The van der Waals surface area contributed by atoms with Gasteiger partial charge in [-0.15, -0.1) is 0 Å². The van der Waals surface area contributed by atoms with Gasteiger partial charge in [0.05, 0.1) is 15.6 Å². The van der Waals surface area contributed by atoms with Crippen LogP contribution >= 0.6 is 11.6 Å². The Morgan fingerprint density at radius 1 is 1.10 bits per heavy atom. The summed E-state index contributed by atoms with van der Waals surface area (Å²) in [6.07, 6.45) is 1.46. The van der Waals surface area contributed by atoms with Crippen molar-refractivity contribution in [3.05, 3.63) is 70.9 Å². The minimum atomic E-state index is -3.57. The van der Waals surface area contributed by atoms with Crippen LogP contribution in [0, 0.1) is 18.3 Å². The van der Waals surface area contributed by atoms with Crippen molar-refractivity contribution in [1.82, 2.24) is 9.21 Å². The van der Waals surface area contributed by atoms with Crippen LogP contribution in [0.3, 0.4) is 0 Å². The van der Waals surface area contributed by atoms with Gasteiger partial charge >= 0.3 is 0 Å². The molecule has 0 aliphatic carbocycles. The number of nitrogens with zero attached hydrogens (tertiary/aromatic N) is 3. The summed E-state index contributed by atoms with van der Waals surface area (Å²) in [5.41, 5.74) is 1.33. The number of piperazine rings is 1. The van der Waals surface area contributed by atoms with Crippen LogP contribution in [0.15, 0.2) is 65.2 Å². The van der Waals surface area contributed by atoms with E-state index >= 15 is 0 Å². The number of nitriles is 1. The normalized spacial score (nSPS) is 15.5. The van der Waals surface area contributed by atoms with Gasteiger partial charge in [-0.3, -0.25) is 4.79 Å². The van der Waals surface area contributed by atoms with E-state index < -0.39 is 15.9 Å². The van der Waals surface area contributed by atoms with Crippen molar-refractivity contribution in [2.75, 3.05) is 31.5 Å². The number of rotatable bonds is 5. The average molecular weight is 445 g/mol. The maximum atomic E-state index is 12.8. The van der Waals surface area contributed by atoms with Gasteiger partial charge in [0.25, 0.3) is 5.91 Å². The molecule has 0 bridgehead atoms. The number of aryl methyl sites for hydroxylation is 1. The molecular weight excluding hydrogens is 424 g/mol. The van der Waals surface area contributed by atoms with E-state index in [4.69, 9.17) is 11.6 Å². The number of sulfonamides is 1. The smallest absolute Gasteiger partial charge is 0.267 e. The molecule has 1 saturated heterocycles. The molecule has 0 radical (unpaired) electrons. The van der Waals surface area contributed by atoms with Crippen LogP contribution in [0.1, 0.15) is 5.56 Å². The third kappa shape index (κ3) is 5.00. The average Bonchev–Trinajstić information content (AvgIpc) is 2.74. The molecule has 1 amide bonds. The van der Waals surface area contributed by atoms with Crippen molar-refractivity contribution in [3.63, 3.8) is 0 Å².